The van der Waals surface area contributed by atoms with Crippen molar-refractivity contribution >= 4 is 15.9 Å². The number of carbonyl (C=O) groups excluding carboxylic acids is 1. The molecule has 0 radical (unpaired) electrons. The van der Waals surface area contributed by atoms with Crippen molar-refractivity contribution in [2.45, 2.75) is 13.0 Å². The number of ether oxygens (including phenoxy) is 1. The van der Waals surface area contributed by atoms with Crippen molar-refractivity contribution in [3.05, 3.63) is 35.9 Å². The number of nitrogens with one attached hydrogen (secondary N) is 1. The van der Waals surface area contributed by atoms with Gasteiger partial charge in [0, 0.05) is 24.7 Å². The molecule has 0 aliphatic carbocycles. The molecule has 6 nitrogen and oxygen atoms in total. The second-order valence-corrected chi connectivity index (χ2v) is 7.01. The van der Waals surface area contributed by atoms with Crippen molar-refractivity contribution in [2.24, 2.45) is 0 Å². The molecule has 1 saturated heterocycles. The molecule has 21 heavy (non-hydrogen) atoms. The van der Waals surface area contributed by atoms with Gasteiger partial charge in [0.05, 0.1) is 19.0 Å². The Morgan fingerprint density at radius 2 is 2.10 bits per heavy atom. The van der Waals surface area contributed by atoms with Gasteiger partial charge in [-0.25, -0.2) is 8.42 Å². The summed E-state index contributed by atoms with van der Waals surface area (Å²) in [6.07, 6.45) is 0. The number of nitrogens with zero attached hydrogens (tertiary/aromatic N) is 1. The first-order chi connectivity index (χ1) is 10.0. The van der Waals surface area contributed by atoms with E-state index in [0.717, 1.165) is 0 Å². The van der Waals surface area contributed by atoms with Gasteiger partial charge in [-0.2, -0.15) is 4.31 Å². The summed E-state index contributed by atoms with van der Waals surface area (Å²) in [6, 6.07) is 8.57. The van der Waals surface area contributed by atoms with Crippen LogP contribution in [0.4, 0.5) is 0 Å². The van der Waals surface area contributed by atoms with Crippen molar-refractivity contribution in [2.75, 3.05) is 32.1 Å². The van der Waals surface area contributed by atoms with E-state index >= 15 is 0 Å². The number of benzene rings is 1. The van der Waals surface area contributed by atoms with Gasteiger partial charge in [0.15, 0.2) is 0 Å². The van der Waals surface area contributed by atoms with Crippen LogP contribution in [0.3, 0.4) is 0 Å². The minimum absolute atomic E-state index is 0.0974. The number of rotatable bonds is 5. The Morgan fingerprint density at radius 1 is 1.38 bits per heavy atom. The molecule has 1 atom stereocenters. The average molecular weight is 312 g/mol. The molecule has 1 amide bonds. The van der Waals surface area contributed by atoms with Crippen LogP contribution in [0.5, 0.6) is 0 Å². The highest BCUT2D eigenvalue weighted by molar-refractivity contribution is 7.89. The van der Waals surface area contributed by atoms with Crippen LogP contribution in [0, 0.1) is 0 Å². The van der Waals surface area contributed by atoms with Crippen molar-refractivity contribution in [3.8, 4) is 0 Å². The highest BCUT2D eigenvalue weighted by atomic mass is 32.2. The molecule has 1 N–H and O–H groups in total. The molecule has 7 heteroatoms. The molecule has 1 aliphatic rings. The highest BCUT2D eigenvalue weighted by Crippen LogP contribution is 2.12. The maximum atomic E-state index is 12.2. The number of hydrogen-bond acceptors (Lipinski definition) is 4. The minimum atomic E-state index is -3.37. The maximum absolute atomic E-state index is 12.2. The van der Waals surface area contributed by atoms with E-state index in [-0.39, 0.29) is 24.2 Å². The van der Waals surface area contributed by atoms with Crippen LogP contribution in [0.15, 0.2) is 30.3 Å². The van der Waals surface area contributed by atoms with Gasteiger partial charge in [0.25, 0.3) is 5.91 Å². The number of sulfonamides is 1. The summed E-state index contributed by atoms with van der Waals surface area (Å²) in [6.45, 7) is 3.12. The van der Waals surface area contributed by atoms with Crippen LogP contribution in [0.1, 0.15) is 17.3 Å². The van der Waals surface area contributed by atoms with Gasteiger partial charge in [-0.1, -0.05) is 18.2 Å². The summed E-state index contributed by atoms with van der Waals surface area (Å²) in [5.74, 6) is -0.364. The third kappa shape index (κ3) is 4.26. The molecule has 1 aliphatic heterocycles. The van der Waals surface area contributed by atoms with Crippen molar-refractivity contribution < 1.29 is 17.9 Å². The number of amides is 1. The molecule has 1 unspecified atom stereocenters. The first-order valence-corrected chi connectivity index (χ1v) is 8.52. The molecule has 2 rings (SSSR count). The molecule has 0 spiro atoms. The van der Waals surface area contributed by atoms with Crippen LogP contribution in [0.25, 0.3) is 0 Å². The van der Waals surface area contributed by atoms with E-state index in [9.17, 15) is 13.2 Å². The van der Waals surface area contributed by atoms with E-state index in [1.807, 2.05) is 13.0 Å². The molecule has 0 bridgehead atoms. The normalized spacial score (nSPS) is 20.1. The molecular weight excluding hydrogens is 292 g/mol. The Balaban J connectivity index is 1.86. The zero-order valence-corrected chi connectivity index (χ0v) is 12.8. The molecule has 1 aromatic rings. The summed E-state index contributed by atoms with van der Waals surface area (Å²) in [4.78, 5) is 11.8. The third-order valence-corrected chi connectivity index (χ3v) is 5.32. The topological polar surface area (TPSA) is 75.7 Å². The molecule has 116 valence electrons. The van der Waals surface area contributed by atoms with Gasteiger partial charge in [0.2, 0.25) is 10.0 Å². The molecule has 1 heterocycles. The third-order valence-electron chi connectivity index (χ3n) is 3.35. The molecule has 1 aromatic carbocycles. The quantitative estimate of drug-likeness (QED) is 0.857. The van der Waals surface area contributed by atoms with E-state index in [0.29, 0.717) is 25.3 Å². The van der Waals surface area contributed by atoms with E-state index < -0.39 is 10.0 Å². The largest absolute Gasteiger partial charge is 0.378 e. The van der Waals surface area contributed by atoms with Gasteiger partial charge >= 0.3 is 0 Å². The van der Waals surface area contributed by atoms with Gasteiger partial charge in [0.1, 0.15) is 0 Å². The van der Waals surface area contributed by atoms with Crippen LogP contribution < -0.4 is 5.32 Å². The number of hydrogen-bond donors (Lipinski definition) is 1. The fraction of sp³-hybridized carbons (Fsp3) is 0.500. The number of carbonyl (C=O) groups is 1. The lowest BCUT2D eigenvalue weighted by Crippen LogP contribution is -2.49. The highest BCUT2D eigenvalue weighted by Gasteiger charge is 2.29. The Hall–Kier alpha value is -1.44. The Kier molecular flexibility index (Phi) is 5.33. The predicted molar refractivity (Wildman–Crippen MR) is 79.5 cm³/mol. The first kappa shape index (κ1) is 15.9. The first-order valence-electron chi connectivity index (χ1n) is 6.91. The maximum Gasteiger partial charge on any atom is 0.251 e. The van der Waals surface area contributed by atoms with E-state index in [4.69, 9.17) is 4.74 Å². The Morgan fingerprint density at radius 3 is 2.76 bits per heavy atom. The van der Waals surface area contributed by atoms with Crippen LogP contribution in [-0.2, 0) is 14.8 Å². The van der Waals surface area contributed by atoms with Gasteiger partial charge < -0.3 is 10.1 Å². The second kappa shape index (κ2) is 7.02. The second-order valence-electron chi connectivity index (χ2n) is 4.97. The van der Waals surface area contributed by atoms with Crippen LogP contribution in [-0.4, -0.2) is 56.7 Å². The fourth-order valence-corrected chi connectivity index (χ4v) is 3.78. The van der Waals surface area contributed by atoms with Crippen molar-refractivity contribution in [3.63, 3.8) is 0 Å². The summed E-state index contributed by atoms with van der Waals surface area (Å²) < 4.78 is 31.1. The zero-order chi connectivity index (χ0) is 15.3. The van der Waals surface area contributed by atoms with Crippen LogP contribution >= 0.6 is 0 Å². The van der Waals surface area contributed by atoms with Gasteiger partial charge in [-0.05, 0) is 19.1 Å². The van der Waals surface area contributed by atoms with Crippen LogP contribution in [0.2, 0.25) is 0 Å². The summed E-state index contributed by atoms with van der Waals surface area (Å²) in [5, 5.41) is 2.63. The lowest BCUT2D eigenvalue weighted by molar-refractivity contribution is 0.0393. The lowest BCUT2D eigenvalue weighted by Gasteiger charge is -2.32. The Labute approximate surface area is 125 Å². The molecular formula is C14H20N2O4S. The van der Waals surface area contributed by atoms with E-state index in [1.165, 1.54) is 4.31 Å². The fourth-order valence-electron chi connectivity index (χ4n) is 2.23. The molecule has 0 aromatic heterocycles. The summed E-state index contributed by atoms with van der Waals surface area (Å²) in [5.41, 5.74) is 0.523. The molecule has 0 saturated carbocycles. The minimum Gasteiger partial charge on any atom is -0.378 e. The standard InChI is InChI=1S/C14H20N2O4S/c1-12-11-20-9-8-16(12)21(18,19)10-7-15-14(17)13-5-3-2-4-6-13/h2-6,12H,7-11H2,1H3,(H,15,17). The SMILES string of the molecule is CC1COCCN1S(=O)(=O)CCNC(=O)c1ccccc1. The monoisotopic (exact) mass is 312 g/mol. The average Bonchev–Trinajstić information content (AvgIpc) is 2.48. The zero-order valence-electron chi connectivity index (χ0n) is 12.0. The van der Waals surface area contributed by atoms with Crippen molar-refractivity contribution in [1.29, 1.82) is 0 Å². The smallest absolute Gasteiger partial charge is 0.251 e. The van der Waals surface area contributed by atoms with E-state index in [1.54, 1.807) is 24.3 Å². The van der Waals surface area contributed by atoms with Gasteiger partial charge in [-0.15, -0.1) is 0 Å². The Bertz CT molecular complexity index is 574. The predicted octanol–water partition coefficient (Wildman–Crippen LogP) is 0.467. The van der Waals surface area contributed by atoms with E-state index in [2.05, 4.69) is 5.32 Å². The van der Waals surface area contributed by atoms with Gasteiger partial charge in [-0.3, -0.25) is 4.79 Å². The number of morpholine rings is 1. The summed E-state index contributed by atoms with van der Waals surface area (Å²) in [7, 11) is -3.37. The summed E-state index contributed by atoms with van der Waals surface area (Å²) >= 11 is 0. The lowest BCUT2D eigenvalue weighted by atomic mass is 10.2. The van der Waals surface area contributed by atoms with Crippen molar-refractivity contribution in [1.82, 2.24) is 9.62 Å². The molecule has 1 fully saturated rings.